The fourth-order valence-corrected chi connectivity index (χ4v) is 2.97. The number of methoxy groups -OCH3 is 1. The van der Waals surface area contributed by atoms with Gasteiger partial charge in [0, 0.05) is 17.0 Å². The minimum absolute atomic E-state index is 0.155. The molecular formula is C24H28N4O3. The number of benzene rings is 2. The van der Waals surface area contributed by atoms with E-state index in [1.165, 1.54) is 7.11 Å². The van der Waals surface area contributed by atoms with Crippen molar-refractivity contribution in [2.24, 2.45) is 0 Å². The van der Waals surface area contributed by atoms with Crippen molar-refractivity contribution >= 4 is 17.6 Å². The second kappa shape index (κ2) is 9.47. The van der Waals surface area contributed by atoms with Gasteiger partial charge in [0.15, 0.2) is 0 Å². The first-order valence-electron chi connectivity index (χ1n) is 10.1. The van der Waals surface area contributed by atoms with Crippen LogP contribution in [0.5, 0.6) is 5.75 Å². The zero-order valence-corrected chi connectivity index (χ0v) is 18.3. The molecule has 0 aliphatic rings. The number of hydrogen-bond acceptors (Lipinski definition) is 4. The molecule has 3 rings (SSSR count). The summed E-state index contributed by atoms with van der Waals surface area (Å²) in [4.78, 5) is 24.9. The lowest BCUT2D eigenvalue weighted by Gasteiger charge is -2.14. The zero-order valence-electron chi connectivity index (χ0n) is 18.3. The summed E-state index contributed by atoms with van der Waals surface area (Å²) in [6.45, 7) is 6.59. The highest BCUT2D eigenvalue weighted by Crippen LogP contribution is 2.24. The molecule has 0 bridgehead atoms. The molecule has 0 saturated carbocycles. The number of anilines is 1. The molecular weight excluding hydrogens is 392 g/mol. The molecule has 31 heavy (non-hydrogen) atoms. The predicted octanol–water partition coefficient (Wildman–Crippen LogP) is 3.61. The van der Waals surface area contributed by atoms with Crippen LogP contribution in [-0.2, 0) is 16.8 Å². The summed E-state index contributed by atoms with van der Waals surface area (Å²) in [5, 5.41) is 10.2. The van der Waals surface area contributed by atoms with Gasteiger partial charge in [0.05, 0.1) is 25.9 Å². The van der Waals surface area contributed by atoms with Crippen molar-refractivity contribution in [1.29, 1.82) is 0 Å². The first kappa shape index (κ1) is 22.1. The summed E-state index contributed by atoms with van der Waals surface area (Å²) >= 11 is 0. The van der Waals surface area contributed by atoms with Gasteiger partial charge in [-0.05, 0) is 23.8 Å². The fraction of sp³-hybridized carbons (Fsp3) is 0.292. The highest BCUT2D eigenvalue weighted by Gasteiger charge is 2.21. The van der Waals surface area contributed by atoms with Gasteiger partial charge in [-0.2, -0.15) is 5.10 Å². The first-order chi connectivity index (χ1) is 14.8. The molecule has 0 aliphatic heterocycles. The van der Waals surface area contributed by atoms with Crippen LogP contribution in [0.3, 0.4) is 0 Å². The minimum atomic E-state index is -0.345. The highest BCUT2D eigenvalue weighted by molar-refractivity contribution is 5.99. The first-order valence-corrected chi connectivity index (χ1v) is 10.1. The summed E-state index contributed by atoms with van der Waals surface area (Å²) in [6, 6.07) is 18.6. The smallest absolute Gasteiger partial charge is 0.251 e. The SMILES string of the molecule is COc1cccc(C(=O)NCC(=O)Nc2cc(C(C)(C)C)nn2Cc2ccccc2)c1. The molecule has 0 unspecified atom stereocenters. The van der Waals surface area contributed by atoms with Gasteiger partial charge >= 0.3 is 0 Å². The number of carbonyl (C=O) groups is 2. The Labute approximate surface area is 182 Å². The van der Waals surface area contributed by atoms with E-state index in [0.29, 0.717) is 23.7 Å². The summed E-state index contributed by atoms with van der Waals surface area (Å²) in [6.07, 6.45) is 0. The van der Waals surface area contributed by atoms with Crippen LogP contribution in [0.1, 0.15) is 42.4 Å². The van der Waals surface area contributed by atoms with E-state index in [9.17, 15) is 9.59 Å². The van der Waals surface area contributed by atoms with Crippen molar-refractivity contribution in [1.82, 2.24) is 15.1 Å². The van der Waals surface area contributed by atoms with Gasteiger partial charge in [-0.25, -0.2) is 4.68 Å². The van der Waals surface area contributed by atoms with E-state index in [1.807, 2.05) is 36.4 Å². The van der Waals surface area contributed by atoms with E-state index in [2.05, 4.69) is 31.4 Å². The molecule has 1 aromatic heterocycles. The lowest BCUT2D eigenvalue weighted by Crippen LogP contribution is -2.33. The van der Waals surface area contributed by atoms with Crippen molar-refractivity contribution in [3.8, 4) is 5.75 Å². The normalized spacial score (nSPS) is 11.1. The Morgan fingerprint density at radius 2 is 1.77 bits per heavy atom. The molecule has 7 heteroatoms. The Balaban J connectivity index is 1.69. The topological polar surface area (TPSA) is 85.2 Å². The lowest BCUT2D eigenvalue weighted by molar-refractivity contribution is -0.115. The Morgan fingerprint density at radius 3 is 2.45 bits per heavy atom. The van der Waals surface area contributed by atoms with Gasteiger partial charge in [0.25, 0.3) is 5.91 Å². The van der Waals surface area contributed by atoms with Gasteiger partial charge in [0.1, 0.15) is 11.6 Å². The van der Waals surface area contributed by atoms with Crippen LogP contribution in [0.25, 0.3) is 0 Å². The number of aromatic nitrogens is 2. The summed E-state index contributed by atoms with van der Waals surface area (Å²) in [7, 11) is 1.54. The molecule has 2 amide bonds. The van der Waals surface area contributed by atoms with Crippen molar-refractivity contribution < 1.29 is 14.3 Å². The third-order valence-corrected chi connectivity index (χ3v) is 4.73. The third kappa shape index (κ3) is 5.94. The van der Waals surface area contributed by atoms with E-state index in [-0.39, 0.29) is 23.8 Å². The maximum absolute atomic E-state index is 12.5. The van der Waals surface area contributed by atoms with Crippen LogP contribution in [0.2, 0.25) is 0 Å². The van der Waals surface area contributed by atoms with Crippen LogP contribution < -0.4 is 15.4 Å². The predicted molar refractivity (Wildman–Crippen MR) is 120 cm³/mol. The van der Waals surface area contributed by atoms with Crippen molar-refractivity contribution in [3.05, 3.63) is 77.5 Å². The Morgan fingerprint density at radius 1 is 1.03 bits per heavy atom. The number of amides is 2. The lowest BCUT2D eigenvalue weighted by atomic mass is 9.92. The molecule has 1 heterocycles. The monoisotopic (exact) mass is 420 g/mol. The van der Waals surface area contributed by atoms with Gasteiger partial charge in [-0.1, -0.05) is 57.2 Å². The van der Waals surface area contributed by atoms with Crippen LogP contribution in [0.15, 0.2) is 60.7 Å². The third-order valence-electron chi connectivity index (χ3n) is 4.73. The number of nitrogens with one attached hydrogen (secondary N) is 2. The van der Waals surface area contributed by atoms with E-state index < -0.39 is 0 Å². The standard InChI is InChI=1S/C24H28N4O3/c1-24(2,3)20-14-21(28(27-20)16-17-9-6-5-7-10-17)26-22(29)15-25-23(30)18-11-8-12-19(13-18)31-4/h5-14H,15-16H2,1-4H3,(H,25,30)(H,26,29). The van der Waals surface area contributed by atoms with Crippen LogP contribution in [-0.4, -0.2) is 35.2 Å². The van der Waals surface area contributed by atoms with Crippen LogP contribution >= 0.6 is 0 Å². The average molecular weight is 421 g/mol. The largest absolute Gasteiger partial charge is 0.497 e. The van der Waals surface area contributed by atoms with Crippen LogP contribution in [0, 0.1) is 0 Å². The minimum Gasteiger partial charge on any atom is -0.497 e. The summed E-state index contributed by atoms with van der Waals surface area (Å²) < 4.78 is 6.91. The van der Waals surface area contributed by atoms with E-state index >= 15 is 0 Å². The van der Waals surface area contributed by atoms with Gasteiger partial charge in [-0.3, -0.25) is 9.59 Å². The van der Waals surface area contributed by atoms with Crippen LogP contribution in [0.4, 0.5) is 5.82 Å². The molecule has 0 atom stereocenters. The van der Waals surface area contributed by atoms with E-state index in [1.54, 1.807) is 28.9 Å². The molecule has 0 aliphatic carbocycles. The van der Waals surface area contributed by atoms with Crippen molar-refractivity contribution in [2.75, 3.05) is 19.0 Å². The Hall–Kier alpha value is -3.61. The van der Waals surface area contributed by atoms with Crippen molar-refractivity contribution in [3.63, 3.8) is 0 Å². The molecule has 2 aromatic carbocycles. The molecule has 162 valence electrons. The second-order valence-corrected chi connectivity index (χ2v) is 8.27. The Bertz CT molecular complexity index is 1050. The zero-order chi connectivity index (χ0) is 22.4. The summed E-state index contributed by atoms with van der Waals surface area (Å²) in [5.74, 6) is 0.499. The maximum atomic E-state index is 12.5. The molecule has 3 aromatic rings. The van der Waals surface area contributed by atoms with E-state index in [4.69, 9.17) is 9.84 Å². The van der Waals surface area contributed by atoms with E-state index in [0.717, 1.165) is 11.3 Å². The average Bonchev–Trinajstić information content (AvgIpc) is 3.15. The Kier molecular flexibility index (Phi) is 6.74. The van der Waals surface area contributed by atoms with Gasteiger partial charge in [0.2, 0.25) is 5.91 Å². The number of nitrogens with zero attached hydrogens (tertiary/aromatic N) is 2. The number of carbonyl (C=O) groups excluding carboxylic acids is 2. The molecule has 0 fully saturated rings. The molecule has 0 radical (unpaired) electrons. The maximum Gasteiger partial charge on any atom is 0.251 e. The highest BCUT2D eigenvalue weighted by atomic mass is 16.5. The number of hydrogen-bond donors (Lipinski definition) is 2. The fourth-order valence-electron chi connectivity index (χ4n) is 2.97. The number of ether oxygens (including phenoxy) is 1. The quantitative estimate of drug-likeness (QED) is 0.612. The molecule has 0 saturated heterocycles. The molecule has 2 N–H and O–H groups in total. The number of rotatable bonds is 7. The molecule has 0 spiro atoms. The summed E-state index contributed by atoms with van der Waals surface area (Å²) in [5.41, 5.74) is 2.21. The van der Waals surface area contributed by atoms with Gasteiger partial charge in [-0.15, -0.1) is 0 Å². The second-order valence-electron chi connectivity index (χ2n) is 8.27. The van der Waals surface area contributed by atoms with Gasteiger partial charge < -0.3 is 15.4 Å². The van der Waals surface area contributed by atoms with Crippen molar-refractivity contribution in [2.45, 2.75) is 32.7 Å². The molecule has 7 nitrogen and oxygen atoms in total.